The smallest absolute Gasteiger partial charge is 0.257 e. The average Bonchev–Trinajstić information content (AvgIpc) is 3.18. The van der Waals surface area contributed by atoms with E-state index in [1.807, 2.05) is 24.3 Å². The van der Waals surface area contributed by atoms with Crippen molar-refractivity contribution in [3.8, 4) is 0 Å². The van der Waals surface area contributed by atoms with E-state index in [1.54, 1.807) is 54.1 Å². The number of aromatic nitrogens is 3. The van der Waals surface area contributed by atoms with Gasteiger partial charge in [-0.1, -0.05) is 18.2 Å². The van der Waals surface area contributed by atoms with Crippen molar-refractivity contribution in [1.29, 1.82) is 0 Å². The highest BCUT2D eigenvalue weighted by molar-refractivity contribution is 6.06. The van der Waals surface area contributed by atoms with Gasteiger partial charge in [-0.15, -0.1) is 0 Å². The summed E-state index contributed by atoms with van der Waals surface area (Å²) >= 11 is 0. The molecule has 0 bridgehead atoms. The molecule has 8 nitrogen and oxygen atoms in total. The quantitative estimate of drug-likeness (QED) is 0.679. The molecule has 0 unspecified atom stereocenters. The van der Waals surface area contributed by atoms with Crippen molar-refractivity contribution in [2.75, 3.05) is 33.8 Å². The number of benzene rings is 1. The highest BCUT2D eigenvalue weighted by Gasteiger charge is 2.29. The number of nitrogens with zero attached hydrogens (tertiary/aromatic N) is 5. The molecule has 0 N–H and O–H groups in total. The van der Waals surface area contributed by atoms with Crippen molar-refractivity contribution in [1.82, 2.24) is 24.6 Å². The number of fused-ring (bicyclic) bond motifs is 1. The van der Waals surface area contributed by atoms with E-state index in [1.165, 1.54) is 0 Å². The summed E-state index contributed by atoms with van der Waals surface area (Å²) in [6.07, 6.45) is 2.87. The third-order valence-electron chi connectivity index (χ3n) is 5.01. The van der Waals surface area contributed by atoms with Crippen molar-refractivity contribution in [3.63, 3.8) is 0 Å². The predicted octanol–water partition coefficient (Wildman–Crippen LogP) is 1.88. The van der Waals surface area contributed by atoms with E-state index in [-0.39, 0.29) is 11.8 Å². The first-order valence-electron chi connectivity index (χ1n) is 9.45. The molecule has 0 radical (unpaired) electrons. The normalized spacial score (nSPS) is 16.8. The number of para-hydroxylation sites is 1. The molecular formula is C21H23N5O3. The minimum Gasteiger partial charge on any atom is -0.368 e. The van der Waals surface area contributed by atoms with Crippen molar-refractivity contribution < 1.29 is 14.3 Å². The van der Waals surface area contributed by atoms with Gasteiger partial charge in [-0.25, -0.2) is 4.98 Å². The Balaban J connectivity index is 1.67. The number of rotatable bonds is 3. The van der Waals surface area contributed by atoms with Crippen LogP contribution in [0.5, 0.6) is 0 Å². The highest BCUT2D eigenvalue weighted by Crippen LogP contribution is 2.27. The fourth-order valence-electron chi connectivity index (χ4n) is 3.51. The second kappa shape index (κ2) is 7.63. The van der Waals surface area contributed by atoms with Crippen LogP contribution in [0.25, 0.3) is 10.9 Å². The zero-order valence-corrected chi connectivity index (χ0v) is 16.7. The molecule has 3 aromatic rings. The summed E-state index contributed by atoms with van der Waals surface area (Å²) in [6, 6.07) is 9.34. The molecule has 4 rings (SSSR count). The number of carbonyl (C=O) groups is 2. The van der Waals surface area contributed by atoms with Crippen LogP contribution in [0.4, 0.5) is 0 Å². The lowest BCUT2D eigenvalue weighted by atomic mass is 10.0. The molecule has 1 aliphatic heterocycles. The van der Waals surface area contributed by atoms with Gasteiger partial charge in [0, 0.05) is 39.3 Å². The van der Waals surface area contributed by atoms with E-state index in [0.29, 0.717) is 36.5 Å². The minimum atomic E-state index is -0.400. The fourth-order valence-corrected chi connectivity index (χ4v) is 3.51. The molecule has 1 aromatic carbocycles. The summed E-state index contributed by atoms with van der Waals surface area (Å²) in [5.41, 5.74) is 2.50. The summed E-state index contributed by atoms with van der Waals surface area (Å²) in [5.74, 6) is -0.180. The number of hydrogen-bond acceptors (Lipinski definition) is 5. The number of carbonyl (C=O) groups excluding carboxylic acids is 2. The van der Waals surface area contributed by atoms with Crippen LogP contribution in [0, 0.1) is 0 Å². The molecule has 29 heavy (non-hydrogen) atoms. The van der Waals surface area contributed by atoms with E-state index >= 15 is 0 Å². The minimum absolute atomic E-state index is 0.0863. The molecule has 1 atom stereocenters. The largest absolute Gasteiger partial charge is 0.368 e. The SMILES string of the molecule is CN(C)C(=O)c1cc([C@H]2CN(C(=O)c3cnn(C)c3)CCO2)nc2ccccc12. The third kappa shape index (κ3) is 3.71. The number of amides is 2. The Labute approximate surface area is 168 Å². The molecule has 1 fully saturated rings. The van der Waals surface area contributed by atoms with Gasteiger partial charge >= 0.3 is 0 Å². The van der Waals surface area contributed by atoms with Gasteiger partial charge in [0.2, 0.25) is 0 Å². The van der Waals surface area contributed by atoms with Crippen LogP contribution >= 0.6 is 0 Å². The Kier molecular flexibility index (Phi) is 5.02. The monoisotopic (exact) mass is 393 g/mol. The molecule has 2 amide bonds. The van der Waals surface area contributed by atoms with Gasteiger partial charge in [-0.2, -0.15) is 5.10 Å². The number of morpholine rings is 1. The molecule has 8 heteroatoms. The topological polar surface area (TPSA) is 80.6 Å². The highest BCUT2D eigenvalue weighted by atomic mass is 16.5. The molecule has 0 aliphatic carbocycles. The standard InChI is InChI=1S/C21H23N5O3/c1-24(2)21(28)16-10-18(23-17-7-5-4-6-15(16)17)19-13-26(8-9-29-19)20(27)14-11-22-25(3)12-14/h4-7,10-12,19H,8-9,13H2,1-3H3/t19-/m1/s1. The van der Waals surface area contributed by atoms with Gasteiger partial charge in [-0.05, 0) is 12.1 Å². The van der Waals surface area contributed by atoms with E-state index in [9.17, 15) is 9.59 Å². The number of pyridine rings is 1. The first-order chi connectivity index (χ1) is 13.9. The maximum Gasteiger partial charge on any atom is 0.257 e. The van der Waals surface area contributed by atoms with Crippen LogP contribution in [-0.4, -0.2) is 70.2 Å². The van der Waals surface area contributed by atoms with Crippen LogP contribution < -0.4 is 0 Å². The van der Waals surface area contributed by atoms with Crippen LogP contribution in [0.2, 0.25) is 0 Å². The predicted molar refractivity (Wildman–Crippen MR) is 108 cm³/mol. The zero-order valence-electron chi connectivity index (χ0n) is 16.7. The van der Waals surface area contributed by atoms with Crippen molar-refractivity contribution >= 4 is 22.7 Å². The van der Waals surface area contributed by atoms with Crippen LogP contribution in [-0.2, 0) is 11.8 Å². The second-order valence-corrected chi connectivity index (χ2v) is 7.32. The van der Waals surface area contributed by atoms with Gasteiger partial charge in [-0.3, -0.25) is 14.3 Å². The Bertz CT molecular complexity index is 1080. The lowest BCUT2D eigenvalue weighted by molar-refractivity contribution is -0.0246. The maximum absolute atomic E-state index is 12.8. The molecular weight excluding hydrogens is 370 g/mol. The summed E-state index contributed by atoms with van der Waals surface area (Å²) in [4.78, 5) is 33.6. The van der Waals surface area contributed by atoms with E-state index in [2.05, 4.69) is 5.10 Å². The summed E-state index contributed by atoms with van der Waals surface area (Å²) in [5, 5.41) is 4.87. The van der Waals surface area contributed by atoms with Crippen molar-refractivity contribution in [2.24, 2.45) is 7.05 Å². The lowest BCUT2D eigenvalue weighted by Gasteiger charge is -2.32. The van der Waals surface area contributed by atoms with Crippen LogP contribution in [0.15, 0.2) is 42.7 Å². The Morgan fingerprint density at radius 3 is 2.76 bits per heavy atom. The third-order valence-corrected chi connectivity index (χ3v) is 5.01. The fraction of sp³-hybridized carbons (Fsp3) is 0.333. The average molecular weight is 393 g/mol. The maximum atomic E-state index is 12.8. The van der Waals surface area contributed by atoms with Crippen LogP contribution in [0.1, 0.15) is 32.5 Å². The molecule has 1 saturated heterocycles. The van der Waals surface area contributed by atoms with Gasteiger partial charge in [0.1, 0.15) is 6.10 Å². The van der Waals surface area contributed by atoms with Crippen LogP contribution in [0.3, 0.4) is 0 Å². The summed E-state index contributed by atoms with van der Waals surface area (Å²) in [7, 11) is 5.23. The number of aryl methyl sites for hydroxylation is 1. The summed E-state index contributed by atoms with van der Waals surface area (Å²) in [6.45, 7) is 1.28. The lowest BCUT2D eigenvalue weighted by Crippen LogP contribution is -2.42. The van der Waals surface area contributed by atoms with Gasteiger partial charge in [0.05, 0.1) is 41.7 Å². The van der Waals surface area contributed by atoms with E-state index in [4.69, 9.17) is 9.72 Å². The first kappa shape index (κ1) is 19.1. The van der Waals surface area contributed by atoms with Gasteiger partial charge in [0.25, 0.3) is 11.8 Å². The Morgan fingerprint density at radius 1 is 1.24 bits per heavy atom. The van der Waals surface area contributed by atoms with Gasteiger partial charge in [0.15, 0.2) is 0 Å². The van der Waals surface area contributed by atoms with Gasteiger partial charge < -0.3 is 14.5 Å². The first-order valence-corrected chi connectivity index (χ1v) is 9.45. The van der Waals surface area contributed by atoms with E-state index < -0.39 is 6.10 Å². The molecule has 0 saturated carbocycles. The number of ether oxygens (including phenoxy) is 1. The van der Waals surface area contributed by atoms with Crippen molar-refractivity contribution in [3.05, 3.63) is 59.5 Å². The summed E-state index contributed by atoms with van der Waals surface area (Å²) < 4.78 is 7.53. The molecule has 3 heterocycles. The van der Waals surface area contributed by atoms with E-state index in [0.717, 1.165) is 10.9 Å². The zero-order chi connectivity index (χ0) is 20.5. The Hall–Kier alpha value is -3.26. The Morgan fingerprint density at radius 2 is 2.03 bits per heavy atom. The molecule has 0 spiro atoms. The van der Waals surface area contributed by atoms with Crippen molar-refractivity contribution in [2.45, 2.75) is 6.10 Å². The second-order valence-electron chi connectivity index (χ2n) is 7.32. The molecule has 2 aromatic heterocycles. The number of hydrogen-bond donors (Lipinski definition) is 0. The molecule has 150 valence electrons. The molecule has 1 aliphatic rings.